The van der Waals surface area contributed by atoms with E-state index in [0.29, 0.717) is 12.5 Å². The molecule has 2 aliphatic heterocycles. The molecule has 1 aromatic carbocycles. The summed E-state index contributed by atoms with van der Waals surface area (Å²) < 4.78 is 0. The van der Waals surface area contributed by atoms with Crippen molar-refractivity contribution in [3.8, 4) is 0 Å². The van der Waals surface area contributed by atoms with Gasteiger partial charge < -0.3 is 9.80 Å². The molecule has 0 bridgehead atoms. The highest BCUT2D eigenvalue weighted by Crippen LogP contribution is 2.36. The first kappa shape index (κ1) is 15.7. The highest BCUT2D eigenvalue weighted by Gasteiger charge is 2.40. The van der Waals surface area contributed by atoms with Crippen LogP contribution in [0.4, 0.5) is 0 Å². The fraction of sp³-hybridized carbons (Fsp3) is 0.600. The van der Waals surface area contributed by atoms with Crippen molar-refractivity contribution >= 4 is 11.8 Å². The molecule has 4 rings (SSSR count). The lowest BCUT2D eigenvalue weighted by atomic mass is 9.88. The predicted molar refractivity (Wildman–Crippen MR) is 92.3 cm³/mol. The first-order chi connectivity index (χ1) is 11.6. The molecule has 128 valence electrons. The van der Waals surface area contributed by atoms with Crippen LogP contribution in [-0.2, 0) is 16.0 Å². The summed E-state index contributed by atoms with van der Waals surface area (Å²) in [5, 5.41) is 0. The lowest BCUT2D eigenvalue weighted by Crippen LogP contribution is -2.56. The molecule has 1 saturated carbocycles. The quantitative estimate of drug-likeness (QED) is 0.838. The van der Waals surface area contributed by atoms with E-state index >= 15 is 0 Å². The number of fused-ring (bicyclic) bond motifs is 3. The summed E-state index contributed by atoms with van der Waals surface area (Å²) in [5.74, 6) is 0.834. The van der Waals surface area contributed by atoms with E-state index in [1.807, 2.05) is 15.9 Å². The Morgan fingerprint density at radius 1 is 1.21 bits per heavy atom. The first-order valence-corrected chi connectivity index (χ1v) is 9.31. The Morgan fingerprint density at radius 2 is 1.96 bits per heavy atom. The molecular formula is C20H26N2O2. The topological polar surface area (TPSA) is 40.6 Å². The molecule has 0 radical (unpaired) electrons. The second kappa shape index (κ2) is 6.23. The standard InChI is InChI=1S/C20H26N2O2/c1-14(15-6-2-3-7-15)20(24)21-12-18-17-9-5-4-8-16(17)10-11-22(18)19(23)13-21/h4-5,8-9,14-15,18H,2-3,6-7,10-13H2,1H3. The van der Waals surface area contributed by atoms with Crippen LogP contribution in [0.25, 0.3) is 0 Å². The zero-order valence-corrected chi connectivity index (χ0v) is 14.4. The number of nitrogens with zero attached hydrogens (tertiary/aromatic N) is 2. The van der Waals surface area contributed by atoms with Crippen LogP contribution in [0.2, 0.25) is 0 Å². The smallest absolute Gasteiger partial charge is 0.242 e. The van der Waals surface area contributed by atoms with Gasteiger partial charge in [-0.25, -0.2) is 0 Å². The second-order valence-corrected chi connectivity index (χ2v) is 7.60. The van der Waals surface area contributed by atoms with Crippen LogP contribution in [0.5, 0.6) is 0 Å². The summed E-state index contributed by atoms with van der Waals surface area (Å²) in [5.41, 5.74) is 2.55. The molecule has 0 N–H and O–H groups in total. The minimum absolute atomic E-state index is 0.0379. The number of benzene rings is 1. The maximum Gasteiger partial charge on any atom is 0.242 e. The molecule has 1 aromatic rings. The van der Waals surface area contributed by atoms with Gasteiger partial charge in [0, 0.05) is 19.0 Å². The van der Waals surface area contributed by atoms with Crippen molar-refractivity contribution in [3.63, 3.8) is 0 Å². The minimum atomic E-state index is 0.0379. The van der Waals surface area contributed by atoms with Crippen LogP contribution < -0.4 is 0 Å². The zero-order valence-electron chi connectivity index (χ0n) is 14.4. The van der Waals surface area contributed by atoms with E-state index in [4.69, 9.17) is 0 Å². The third kappa shape index (κ3) is 2.62. The Labute approximate surface area is 143 Å². The average molecular weight is 326 g/mol. The Bertz CT molecular complexity index is 651. The van der Waals surface area contributed by atoms with E-state index in [1.165, 1.54) is 24.0 Å². The average Bonchev–Trinajstić information content (AvgIpc) is 3.14. The van der Waals surface area contributed by atoms with Gasteiger partial charge in [-0.3, -0.25) is 9.59 Å². The van der Waals surface area contributed by atoms with E-state index in [0.717, 1.165) is 25.8 Å². The van der Waals surface area contributed by atoms with E-state index in [-0.39, 0.29) is 30.3 Å². The molecule has 0 spiro atoms. The maximum absolute atomic E-state index is 13.0. The Balaban J connectivity index is 1.55. The molecule has 4 heteroatoms. The Kier molecular flexibility index (Phi) is 4.07. The van der Waals surface area contributed by atoms with Crippen LogP contribution in [-0.4, -0.2) is 41.2 Å². The summed E-state index contributed by atoms with van der Waals surface area (Å²) in [6.07, 6.45) is 5.72. The predicted octanol–water partition coefficient (Wildman–Crippen LogP) is 2.78. The summed E-state index contributed by atoms with van der Waals surface area (Å²) >= 11 is 0. The highest BCUT2D eigenvalue weighted by atomic mass is 16.2. The third-order valence-electron chi connectivity index (χ3n) is 6.26. The summed E-state index contributed by atoms with van der Waals surface area (Å²) in [7, 11) is 0. The third-order valence-corrected chi connectivity index (χ3v) is 6.26. The van der Waals surface area contributed by atoms with Gasteiger partial charge in [-0.1, -0.05) is 44.0 Å². The zero-order chi connectivity index (χ0) is 16.7. The number of piperazine rings is 1. The van der Waals surface area contributed by atoms with Gasteiger partial charge in [0.15, 0.2) is 0 Å². The van der Waals surface area contributed by atoms with Crippen molar-refractivity contribution in [3.05, 3.63) is 35.4 Å². The Hall–Kier alpha value is -1.84. The lowest BCUT2D eigenvalue weighted by molar-refractivity contribution is -0.152. The number of carbonyl (C=O) groups is 2. The summed E-state index contributed by atoms with van der Waals surface area (Å²) in [6, 6.07) is 8.40. The highest BCUT2D eigenvalue weighted by molar-refractivity contribution is 5.87. The van der Waals surface area contributed by atoms with Gasteiger partial charge >= 0.3 is 0 Å². The van der Waals surface area contributed by atoms with Gasteiger partial charge in [0.1, 0.15) is 0 Å². The molecule has 0 aromatic heterocycles. The molecule has 1 saturated heterocycles. The van der Waals surface area contributed by atoms with Crippen LogP contribution >= 0.6 is 0 Å². The van der Waals surface area contributed by atoms with Crippen molar-refractivity contribution in [2.24, 2.45) is 11.8 Å². The van der Waals surface area contributed by atoms with Crippen LogP contribution in [0.15, 0.2) is 24.3 Å². The normalized spacial score (nSPS) is 25.4. The molecule has 1 aliphatic carbocycles. The molecule has 2 atom stereocenters. The van der Waals surface area contributed by atoms with E-state index in [1.54, 1.807) is 0 Å². The molecular weight excluding hydrogens is 300 g/mol. The second-order valence-electron chi connectivity index (χ2n) is 7.60. The van der Waals surface area contributed by atoms with Gasteiger partial charge in [-0.15, -0.1) is 0 Å². The van der Waals surface area contributed by atoms with Crippen LogP contribution in [0.1, 0.15) is 49.8 Å². The van der Waals surface area contributed by atoms with Crippen molar-refractivity contribution in [2.75, 3.05) is 19.6 Å². The van der Waals surface area contributed by atoms with Crippen molar-refractivity contribution < 1.29 is 9.59 Å². The minimum Gasteiger partial charge on any atom is -0.332 e. The van der Waals surface area contributed by atoms with Crippen LogP contribution in [0, 0.1) is 11.8 Å². The molecule has 24 heavy (non-hydrogen) atoms. The molecule has 2 amide bonds. The van der Waals surface area contributed by atoms with Gasteiger partial charge in [0.25, 0.3) is 0 Å². The molecule has 2 unspecified atom stereocenters. The van der Waals surface area contributed by atoms with Gasteiger partial charge in [0.05, 0.1) is 12.6 Å². The largest absolute Gasteiger partial charge is 0.332 e. The first-order valence-electron chi connectivity index (χ1n) is 9.31. The summed E-state index contributed by atoms with van der Waals surface area (Å²) in [6.45, 7) is 3.75. The van der Waals surface area contributed by atoms with Crippen molar-refractivity contribution in [1.82, 2.24) is 9.80 Å². The van der Waals surface area contributed by atoms with Gasteiger partial charge in [-0.2, -0.15) is 0 Å². The molecule has 4 nitrogen and oxygen atoms in total. The molecule has 3 aliphatic rings. The van der Waals surface area contributed by atoms with Crippen molar-refractivity contribution in [2.45, 2.75) is 45.1 Å². The fourth-order valence-electron chi connectivity index (χ4n) is 4.79. The van der Waals surface area contributed by atoms with Gasteiger partial charge in [-0.05, 0) is 36.3 Å². The van der Waals surface area contributed by atoms with Gasteiger partial charge in [0.2, 0.25) is 11.8 Å². The maximum atomic E-state index is 13.0. The van der Waals surface area contributed by atoms with E-state index < -0.39 is 0 Å². The summed E-state index contributed by atoms with van der Waals surface area (Å²) in [4.78, 5) is 29.4. The Morgan fingerprint density at radius 3 is 2.75 bits per heavy atom. The number of hydrogen-bond acceptors (Lipinski definition) is 2. The monoisotopic (exact) mass is 326 g/mol. The molecule has 2 heterocycles. The number of hydrogen-bond donors (Lipinski definition) is 0. The van der Waals surface area contributed by atoms with Crippen molar-refractivity contribution in [1.29, 1.82) is 0 Å². The lowest BCUT2D eigenvalue weighted by Gasteiger charge is -2.45. The number of rotatable bonds is 2. The fourth-order valence-corrected chi connectivity index (χ4v) is 4.79. The molecule has 2 fully saturated rings. The van der Waals surface area contributed by atoms with E-state index in [9.17, 15) is 9.59 Å². The SMILES string of the molecule is CC(C(=O)N1CC(=O)N2CCc3ccccc3C2C1)C1CCCC1. The number of amides is 2. The van der Waals surface area contributed by atoms with E-state index in [2.05, 4.69) is 25.1 Å². The van der Waals surface area contributed by atoms with Crippen LogP contribution in [0.3, 0.4) is 0 Å². The number of carbonyl (C=O) groups excluding carboxylic acids is 2.